The summed E-state index contributed by atoms with van der Waals surface area (Å²) < 4.78 is 39.9. The molecule has 168 valence electrons. The van der Waals surface area contributed by atoms with Gasteiger partial charge in [0.15, 0.2) is 11.5 Å². The Morgan fingerprint density at radius 2 is 1.66 bits per heavy atom. The molecule has 9 heteroatoms. The van der Waals surface area contributed by atoms with Crippen molar-refractivity contribution in [1.29, 1.82) is 0 Å². The Labute approximate surface area is 195 Å². The van der Waals surface area contributed by atoms with Crippen molar-refractivity contribution >= 4 is 37.5 Å². The van der Waals surface area contributed by atoms with E-state index < -0.39 is 22.0 Å². The fourth-order valence-corrected chi connectivity index (χ4v) is 4.68. The zero-order chi connectivity index (χ0) is 23.1. The lowest BCUT2D eigenvalue weighted by Crippen LogP contribution is -2.45. The number of benzene rings is 3. The molecule has 32 heavy (non-hydrogen) atoms. The molecule has 0 saturated carbocycles. The van der Waals surface area contributed by atoms with Crippen molar-refractivity contribution in [1.82, 2.24) is 4.72 Å². The van der Waals surface area contributed by atoms with E-state index in [9.17, 15) is 13.2 Å². The van der Waals surface area contributed by atoms with Crippen LogP contribution in [0.3, 0.4) is 0 Å². The van der Waals surface area contributed by atoms with Crippen LogP contribution in [-0.2, 0) is 21.2 Å². The zero-order valence-corrected chi connectivity index (χ0v) is 19.9. The predicted octanol–water partition coefficient (Wildman–Crippen LogP) is 3.99. The predicted molar refractivity (Wildman–Crippen MR) is 127 cm³/mol. The summed E-state index contributed by atoms with van der Waals surface area (Å²) in [4.78, 5) is 13.0. The molecule has 0 radical (unpaired) electrons. The minimum atomic E-state index is -4.04. The molecule has 0 aliphatic rings. The van der Waals surface area contributed by atoms with Crippen LogP contribution in [0.25, 0.3) is 0 Å². The molecule has 7 nitrogen and oxygen atoms in total. The van der Waals surface area contributed by atoms with Crippen LogP contribution in [0, 0.1) is 0 Å². The van der Waals surface area contributed by atoms with E-state index in [1.807, 2.05) is 36.4 Å². The molecule has 0 aliphatic heterocycles. The fraction of sp³-hybridized carbons (Fsp3) is 0.174. The van der Waals surface area contributed by atoms with Gasteiger partial charge in [-0.15, -0.1) is 0 Å². The van der Waals surface area contributed by atoms with Crippen LogP contribution < -0.4 is 19.5 Å². The van der Waals surface area contributed by atoms with Gasteiger partial charge in [-0.05, 0) is 42.3 Å². The van der Waals surface area contributed by atoms with Gasteiger partial charge in [-0.3, -0.25) is 4.79 Å². The maximum absolute atomic E-state index is 13.1. The van der Waals surface area contributed by atoms with Crippen molar-refractivity contribution in [2.75, 3.05) is 19.5 Å². The minimum Gasteiger partial charge on any atom is -0.493 e. The lowest BCUT2D eigenvalue weighted by Gasteiger charge is -2.19. The van der Waals surface area contributed by atoms with Gasteiger partial charge in [0.2, 0.25) is 15.9 Å². The summed E-state index contributed by atoms with van der Waals surface area (Å²) in [6.45, 7) is 0. The molecule has 1 atom stereocenters. The molecule has 0 aromatic heterocycles. The first kappa shape index (κ1) is 23.8. The second-order valence-corrected chi connectivity index (χ2v) is 9.51. The topological polar surface area (TPSA) is 93.7 Å². The van der Waals surface area contributed by atoms with Crippen LogP contribution in [0.5, 0.6) is 11.5 Å². The van der Waals surface area contributed by atoms with Gasteiger partial charge < -0.3 is 14.8 Å². The van der Waals surface area contributed by atoms with E-state index in [4.69, 9.17) is 9.47 Å². The SMILES string of the molecule is COc1ccc(S(=O)(=O)N[C@@H](Cc2ccccc2)C(=O)Nc2cccc(Br)c2)cc1OC. The van der Waals surface area contributed by atoms with Gasteiger partial charge in [-0.1, -0.05) is 52.3 Å². The second kappa shape index (κ2) is 10.6. The minimum absolute atomic E-state index is 0.0385. The summed E-state index contributed by atoms with van der Waals surface area (Å²) >= 11 is 3.36. The van der Waals surface area contributed by atoms with E-state index in [0.717, 1.165) is 10.0 Å². The van der Waals surface area contributed by atoms with Crippen molar-refractivity contribution < 1.29 is 22.7 Å². The molecular formula is C23H23BrN2O5S. The molecule has 0 heterocycles. The largest absolute Gasteiger partial charge is 0.493 e. The molecule has 0 unspecified atom stereocenters. The Bertz CT molecular complexity index is 1190. The van der Waals surface area contributed by atoms with E-state index in [1.165, 1.54) is 32.4 Å². The lowest BCUT2D eigenvalue weighted by atomic mass is 10.1. The Balaban J connectivity index is 1.89. The molecule has 1 amide bonds. The number of sulfonamides is 1. The monoisotopic (exact) mass is 518 g/mol. The summed E-state index contributed by atoms with van der Waals surface area (Å²) in [7, 11) is -1.15. The van der Waals surface area contributed by atoms with E-state index in [2.05, 4.69) is 26.0 Å². The number of methoxy groups -OCH3 is 2. The van der Waals surface area contributed by atoms with Crippen LogP contribution in [0.2, 0.25) is 0 Å². The van der Waals surface area contributed by atoms with Gasteiger partial charge in [-0.2, -0.15) is 4.72 Å². The number of rotatable bonds is 9. The summed E-state index contributed by atoms with van der Waals surface area (Å²) in [5.74, 6) is 0.198. The Morgan fingerprint density at radius 1 is 0.938 bits per heavy atom. The van der Waals surface area contributed by atoms with E-state index in [1.54, 1.807) is 18.2 Å². The van der Waals surface area contributed by atoms with Gasteiger partial charge in [0, 0.05) is 16.2 Å². The maximum atomic E-state index is 13.1. The molecular weight excluding hydrogens is 496 g/mol. The summed E-state index contributed by atoms with van der Waals surface area (Å²) in [5.41, 5.74) is 1.37. The van der Waals surface area contributed by atoms with Gasteiger partial charge in [0.1, 0.15) is 6.04 Å². The normalized spacial score (nSPS) is 12.1. The second-order valence-electron chi connectivity index (χ2n) is 6.88. The highest BCUT2D eigenvalue weighted by molar-refractivity contribution is 9.10. The maximum Gasteiger partial charge on any atom is 0.242 e. The van der Waals surface area contributed by atoms with Crippen molar-refractivity contribution in [2.45, 2.75) is 17.4 Å². The molecule has 2 N–H and O–H groups in total. The molecule has 0 spiro atoms. The fourth-order valence-electron chi connectivity index (χ4n) is 3.07. The van der Waals surface area contributed by atoms with Crippen LogP contribution in [0.1, 0.15) is 5.56 Å². The van der Waals surface area contributed by atoms with E-state index >= 15 is 0 Å². The average molecular weight is 519 g/mol. The van der Waals surface area contributed by atoms with Crippen LogP contribution in [0.15, 0.2) is 82.2 Å². The summed E-state index contributed by atoms with van der Waals surface area (Å²) in [6.07, 6.45) is 0.174. The highest BCUT2D eigenvalue weighted by atomic mass is 79.9. The van der Waals surface area contributed by atoms with Gasteiger partial charge in [-0.25, -0.2) is 8.42 Å². The quantitative estimate of drug-likeness (QED) is 0.446. The molecule has 0 saturated heterocycles. The lowest BCUT2D eigenvalue weighted by molar-refractivity contribution is -0.117. The van der Waals surface area contributed by atoms with Crippen LogP contribution in [-0.4, -0.2) is 34.6 Å². The number of ether oxygens (including phenoxy) is 2. The van der Waals surface area contributed by atoms with Crippen LogP contribution in [0.4, 0.5) is 5.69 Å². The van der Waals surface area contributed by atoms with Gasteiger partial charge >= 0.3 is 0 Å². The summed E-state index contributed by atoms with van der Waals surface area (Å²) in [5, 5.41) is 2.78. The number of anilines is 1. The zero-order valence-electron chi connectivity index (χ0n) is 17.5. The Morgan fingerprint density at radius 3 is 2.31 bits per heavy atom. The standard InChI is InChI=1S/C23H23BrN2O5S/c1-30-21-12-11-19(15-22(21)31-2)32(28,29)26-20(13-16-7-4-3-5-8-16)23(27)25-18-10-6-9-17(24)14-18/h3-12,14-15,20,26H,13H2,1-2H3,(H,25,27)/t20-/m0/s1. The number of carbonyl (C=O) groups excluding carboxylic acids is 1. The van der Waals surface area contributed by atoms with Crippen LogP contribution >= 0.6 is 15.9 Å². The third-order valence-electron chi connectivity index (χ3n) is 4.65. The third-order valence-corrected chi connectivity index (χ3v) is 6.62. The first-order valence-corrected chi connectivity index (χ1v) is 11.9. The van der Waals surface area contributed by atoms with Crippen molar-refractivity contribution in [3.05, 3.63) is 82.8 Å². The highest BCUT2D eigenvalue weighted by Gasteiger charge is 2.27. The number of halogens is 1. The Hall–Kier alpha value is -2.88. The van der Waals surface area contributed by atoms with E-state index in [0.29, 0.717) is 11.4 Å². The van der Waals surface area contributed by atoms with E-state index in [-0.39, 0.29) is 17.1 Å². The number of hydrogen-bond acceptors (Lipinski definition) is 5. The number of hydrogen-bond donors (Lipinski definition) is 2. The summed E-state index contributed by atoms with van der Waals surface area (Å²) in [6, 6.07) is 19.5. The van der Waals surface area contributed by atoms with Crippen molar-refractivity contribution in [3.8, 4) is 11.5 Å². The first-order chi connectivity index (χ1) is 15.3. The average Bonchev–Trinajstić information content (AvgIpc) is 2.78. The number of nitrogens with one attached hydrogen (secondary N) is 2. The number of carbonyl (C=O) groups is 1. The first-order valence-electron chi connectivity index (χ1n) is 9.67. The molecule has 3 rings (SSSR count). The van der Waals surface area contributed by atoms with Crippen molar-refractivity contribution in [2.24, 2.45) is 0 Å². The molecule has 0 aliphatic carbocycles. The van der Waals surface area contributed by atoms with Gasteiger partial charge in [0.25, 0.3) is 0 Å². The molecule has 0 bridgehead atoms. The Kier molecular flexibility index (Phi) is 7.89. The highest BCUT2D eigenvalue weighted by Crippen LogP contribution is 2.29. The molecule has 3 aromatic rings. The smallest absolute Gasteiger partial charge is 0.242 e. The van der Waals surface area contributed by atoms with Crippen molar-refractivity contribution in [3.63, 3.8) is 0 Å². The van der Waals surface area contributed by atoms with Gasteiger partial charge in [0.05, 0.1) is 19.1 Å². The number of amides is 1. The molecule has 0 fully saturated rings. The third kappa shape index (κ3) is 6.09. The molecule has 3 aromatic carbocycles.